The van der Waals surface area contributed by atoms with Crippen molar-refractivity contribution < 1.29 is 0 Å². The van der Waals surface area contributed by atoms with Crippen LogP contribution in [0, 0.1) is 0 Å². The summed E-state index contributed by atoms with van der Waals surface area (Å²) in [5.41, 5.74) is 1.89. The Balaban J connectivity index is 1.71. The molecule has 0 aliphatic carbocycles. The van der Waals surface area contributed by atoms with Crippen LogP contribution in [0.1, 0.15) is 24.6 Å². The lowest BCUT2D eigenvalue weighted by molar-refractivity contribution is 0.338. The molecule has 0 amide bonds. The molecule has 2 atom stereocenters. The van der Waals surface area contributed by atoms with Crippen LogP contribution in [-0.4, -0.2) is 23.6 Å². The van der Waals surface area contributed by atoms with Crippen LogP contribution in [-0.2, 0) is 6.54 Å². The minimum atomic E-state index is 0.633. The highest BCUT2D eigenvalue weighted by molar-refractivity contribution is 7.09. The van der Waals surface area contributed by atoms with E-state index in [4.69, 9.17) is 0 Å². The summed E-state index contributed by atoms with van der Waals surface area (Å²) in [6.45, 7) is 4.31. The third-order valence-electron chi connectivity index (χ3n) is 2.71. The van der Waals surface area contributed by atoms with Crippen LogP contribution in [0.5, 0.6) is 0 Å². The second-order valence-corrected chi connectivity index (χ2v) is 4.90. The molecule has 1 aromatic rings. The van der Waals surface area contributed by atoms with Gasteiger partial charge < -0.3 is 10.6 Å². The van der Waals surface area contributed by atoms with Gasteiger partial charge in [-0.3, -0.25) is 4.98 Å². The molecule has 78 valence electrons. The van der Waals surface area contributed by atoms with Crippen LogP contribution >= 0.6 is 11.3 Å². The summed E-state index contributed by atoms with van der Waals surface area (Å²) < 4.78 is 0. The highest BCUT2D eigenvalue weighted by Gasteiger charge is 2.16. The lowest BCUT2D eigenvalue weighted by atomic mass is 10.0. The van der Waals surface area contributed by atoms with Crippen molar-refractivity contribution in [3.63, 3.8) is 0 Å². The maximum absolute atomic E-state index is 4.06. The summed E-state index contributed by atoms with van der Waals surface area (Å²) in [6, 6.07) is 1.32. The zero-order valence-electron chi connectivity index (χ0n) is 8.49. The molecule has 2 rings (SSSR count). The highest BCUT2D eigenvalue weighted by Crippen LogP contribution is 2.10. The van der Waals surface area contributed by atoms with E-state index in [1.54, 1.807) is 11.3 Å². The first kappa shape index (κ1) is 10.1. The Labute approximate surface area is 88.9 Å². The van der Waals surface area contributed by atoms with Crippen molar-refractivity contribution in [3.8, 4) is 0 Å². The highest BCUT2D eigenvalue weighted by atomic mass is 32.1. The van der Waals surface area contributed by atoms with Crippen LogP contribution < -0.4 is 10.6 Å². The predicted octanol–water partition coefficient (Wildman–Crippen LogP) is 1.37. The lowest BCUT2D eigenvalue weighted by Gasteiger charge is -2.28. The van der Waals surface area contributed by atoms with Gasteiger partial charge in [0.2, 0.25) is 0 Å². The van der Waals surface area contributed by atoms with E-state index in [0.29, 0.717) is 12.1 Å². The van der Waals surface area contributed by atoms with E-state index >= 15 is 0 Å². The predicted molar refractivity (Wildman–Crippen MR) is 59.4 cm³/mol. The van der Waals surface area contributed by atoms with E-state index in [9.17, 15) is 0 Å². The van der Waals surface area contributed by atoms with Crippen molar-refractivity contribution in [2.24, 2.45) is 0 Å². The van der Waals surface area contributed by atoms with Crippen LogP contribution in [0.4, 0.5) is 0 Å². The van der Waals surface area contributed by atoms with Crippen LogP contribution in [0.25, 0.3) is 0 Å². The number of nitrogens with one attached hydrogen (secondary N) is 2. The average Bonchev–Trinajstić information content (AvgIpc) is 2.70. The Kier molecular flexibility index (Phi) is 3.50. The number of nitrogens with zero attached hydrogens (tertiary/aromatic N) is 1. The third-order valence-corrected chi connectivity index (χ3v) is 3.49. The molecule has 2 unspecified atom stereocenters. The van der Waals surface area contributed by atoms with Crippen LogP contribution in [0.3, 0.4) is 0 Å². The molecule has 0 aromatic carbocycles. The third kappa shape index (κ3) is 2.77. The van der Waals surface area contributed by atoms with Gasteiger partial charge in [-0.15, -0.1) is 11.3 Å². The molecule has 4 heteroatoms. The maximum atomic E-state index is 4.06. The Morgan fingerprint density at radius 2 is 2.57 bits per heavy atom. The fourth-order valence-corrected chi connectivity index (χ4v) is 2.29. The summed E-state index contributed by atoms with van der Waals surface area (Å²) in [6.07, 6.45) is 4.50. The smallest absolute Gasteiger partial charge is 0.0794 e. The Bertz CT molecular complexity index is 252. The van der Waals surface area contributed by atoms with Gasteiger partial charge in [0.25, 0.3) is 0 Å². The largest absolute Gasteiger partial charge is 0.313 e. The molecule has 2 N–H and O–H groups in total. The van der Waals surface area contributed by atoms with Gasteiger partial charge >= 0.3 is 0 Å². The van der Waals surface area contributed by atoms with E-state index in [1.165, 1.54) is 17.7 Å². The van der Waals surface area contributed by atoms with Gasteiger partial charge in [-0.25, -0.2) is 0 Å². The average molecular weight is 211 g/mol. The molecule has 14 heavy (non-hydrogen) atoms. The van der Waals surface area contributed by atoms with Crippen LogP contribution in [0.15, 0.2) is 11.7 Å². The van der Waals surface area contributed by atoms with Crippen molar-refractivity contribution in [2.75, 3.05) is 6.54 Å². The van der Waals surface area contributed by atoms with Gasteiger partial charge in [-0.1, -0.05) is 0 Å². The van der Waals surface area contributed by atoms with Gasteiger partial charge in [0.1, 0.15) is 0 Å². The van der Waals surface area contributed by atoms with Gasteiger partial charge in [-0.2, -0.15) is 0 Å². The first-order valence-electron chi connectivity index (χ1n) is 5.19. The summed E-state index contributed by atoms with van der Waals surface area (Å²) in [5, 5.41) is 7.04. The van der Waals surface area contributed by atoms with E-state index in [1.807, 2.05) is 11.7 Å². The zero-order valence-corrected chi connectivity index (χ0v) is 9.31. The number of hydrogen-bond acceptors (Lipinski definition) is 4. The monoisotopic (exact) mass is 211 g/mol. The van der Waals surface area contributed by atoms with E-state index in [2.05, 4.69) is 22.5 Å². The second-order valence-electron chi connectivity index (χ2n) is 3.93. The van der Waals surface area contributed by atoms with E-state index in [0.717, 1.165) is 13.1 Å². The van der Waals surface area contributed by atoms with Crippen molar-refractivity contribution in [1.29, 1.82) is 0 Å². The zero-order chi connectivity index (χ0) is 9.80. The fourth-order valence-electron chi connectivity index (χ4n) is 1.75. The van der Waals surface area contributed by atoms with Crippen molar-refractivity contribution in [3.05, 3.63) is 16.6 Å². The molecule has 3 nitrogen and oxygen atoms in total. The summed E-state index contributed by atoms with van der Waals surface area (Å²) >= 11 is 1.72. The summed E-state index contributed by atoms with van der Waals surface area (Å²) in [7, 11) is 0. The molecule has 0 radical (unpaired) electrons. The van der Waals surface area contributed by atoms with Crippen LogP contribution in [0.2, 0.25) is 0 Å². The number of rotatable bonds is 3. The lowest BCUT2D eigenvalue weighted by Crippen LogP contribution is -2.46. The van der Waals surface area contributed by atoms with Gasteiger partial charge in [-0.05, 0) is 19.8 Å². The molecule has 0 spiro atoms. The van der Waals surface area contributed by atoms with Crippen molar-refractivity contribution in [2.45, 2.75) is 38.4 Å². The fraction of sp³-hybridized carbons (Fsp3) is 0.700. The van der Waals surface area contributed by atoms with Crippen molar-refractivity contribution in [1.82, 2.24) is 15.6 Å². The van der Waals surface area contributed by atoms with Gasteiger partial charge in [0, 0.05) is 36.2 Å². The minimum Gasteiger partial charge on any atom is -0.313 e. The summed E-state index contributed by atoms with van der Waals surface area (Å²) in [5.74, 6) is 0. The number of thiazole rings is 1. The SMILES string of the molecule is CC1CCC(NCc2cncs2)CN1. The van der Waals surface area contributed by atoms with Gasteiger partial charge in [0.05, 0.1) is 5.51 Å². The molecular formula is C10H17N3S. The van der Waals surface area contributed by atoms with E-state index < -0.39 is 0 Å². The number of piperidine rings is 1. The summed E-state index contributed by atoms with van der Waals surface area (Å²) in [4.78, 5) is 5.38. The molecule has 1 fully saturated rings. The number of hydrogen-bond donors (Lipinski definition) is 2. The Hall–Kier alpha value is -0.450. The van der Waals surface area contributed by atoms with Crippen molar-refractivity contribution >= 4 is 11.3 Å². The standard InChI is InChI=1S/C10H17N3S/c1-8-2-3-9(4-12-8)13-6-10-5-11-7-14-10/h5,7-9,12-13H,2-4,6H2,1H3. The Morgan fingerprint density at radius 1 is 1.64 bits per heavy atom. The van der Waals surface area contributed by atoms with E-state index in [-0.39, 0.29) is 0 Å². The first-order valence-corrected chi connectivity index (χ1v) is 6.06. The minimum absolute atomic E-state index is 0.633. The Morgan fingerprint density at radius 3 is 3.21 bits per heavy atom. The normalized spacial score (nSPS) is 27.8. The molecule has 2 heterocycles. The molecule has 0 bridgehead atoms. The first-order chi connectivity index (χ1) is 6.84. The molecule has 1 saturated heterocycles. The quantitative estimate of drug-likeness (QED) is 0.793. The molecule has 1 aliphatic heterocycles. The molecule has 0 saturated carbocycles. The molecular weight excluding hydrogens is 194 g/mol. The van der Waals surface area contributed by atoms with Gasteiger partial charge in [0.15, 0.2) is 0 Å². The number of aromatic nitrogens is 1. The molecule has 1 aromatic heterocycles. The second kappa shape index (κ2) is 4.87. The molecule has 1 aliphatic rings. The maximum Gasteiger partial charge on any atom is 0.0794 e. The topological polar surface area (TPSA) is 37.0 Å².